The van der Waals surface area contributed by atoms with Gasteiger partial charge in [-0.2, -0.15) is 5.10 Å². The zero-order valence-electron chi connectivity index (χ0n) is 13.2. The lowest BCUT2D eigenvalue weighted by atomic mass is 10.1. The quantitative estimate of drug-likeness (QED) is 0.380. The van der Waals surface area contributed by atoms with Crippen LogP contribution in [0.3, 0.4) is 0 Å². The third kappa shape index (κ3) is 3.80. The minimum absolute atomic E-state index is 0.170. The maximum absolute atomic E-state index is 12.1. The normalized spacial score (nSPS) is 11.1. The standard InChI is InChI=1S/C19H15BrN2O3/c1-2-5-14-8-12(9-15(20)18(14)23)11-21-22-19(24)17-10-13-6-3-4-7-16(13)25-17/h2-4,6-11,23H,1,5H2,(H,22,24)/b21-11+. The second kappa shape index (κ2) is 7.36. The molecule has 0 bridgehead atoms. The molecule has 6 heteroatoms. The van der Waals surface area contributed by atoms with Crippen molar-refractivity contribution < 1.29 is 14.3 Å². The highest BCUT2D eigenvalue weighted by atomic mass is 79.9. The predicted molar refractivity (Wildman–Crippen MR) is 101 cm³/mol. The number of benzene rings is 2. The topological polar surface area (TPSA) is 74.8 Å². The molecule has 1 aromatic heterocycles. The van der Waals surface area contributed by atoms with Crippen molar-refractivity contribution in [1.82, 2.24) is 5.43 Å². The van der Waals surface area contributed by atoms with Crippen molar-refractivity contribution in [2.24, 2.45) is 5.10 Å². The molecule has 2 N–H and O–H groups in total. The van der Waals surface area contributed by atoms with Crippen LogP contribution in [0.1, 0.15) is 21.7 Å². The molecule has 0 aliphatic carbocycles. The monoisotopic (exact) mass is 398 g/mol. The average molecular weight is 399 g/mol. The number of phenolic OH excluding ortho intramolecular Hbond substituents is 1. The Bertz CT molecular complexity index is 943. The van der Waals surface area contributed by atoms with E-state index in [0.717, 1.165) is 16.5 Å². The van der Waals surface area contributed by atoms with Gasteiger partial charge >= 0.3 is 5.91 Å². The number of para-hydroxylation sites is 1. The van der Waals surface area contributed by atoms with Crippen LogP contribution in [-0.2, 0) is 6.42 Å². The number of furan rings is 1. The molecule has 0 unspecified atom stereocenters. The van der Waals surface area contributed by atoms with E-state index in [1.165, 1.54) is 6.21 Å². The third-order valence-electron chi connectivity index (χ3n) is 3.56. The summed E-state index contributed by atoms with van der Waals surface area (Å²) in [6.07, 6.45) is 3.72. The molecule has 0 saturated heterocycles. The Morgan fingerprint density at radius 2 is 2.12 bits per heavy atom. The number of nitrogens with zero attached hydrogens (tertiary/aromatic N) is 1. The van der Waals surface area contributed by atoms with Crippen molar-refractivity contribution in [1.29, 1.82) is 0 Å². The average Bonchev–Trinajstić information content (AvgIpc) is 3.03. The van der Waals surface area contributed by atoms with E-state index >= 15 is 0 Å². The number of hydrazone groups is 1. The van der Waals surface area contributed by atoms with Crippen molar-refractivity contribution in [2.45, 2.75) is 6.42 Å². The molecule has 25 heavy (non-hydrogen) atoms. The first kappa shape index (κ1) is 17.0. The molecule has 0 spiro atoms. The molecule has 126 valence electrons. The maximum atomic E-state index is 12.1. The van der Waals surface area contributed by atoms with Gasteiger partial charge in [-0.15, -0.1) is 6.58 Å². The molecule has 1 heterocycles. The Balaban J connectivity index is 1.74. The fraction of sp³-hybridized carbons (Fsp3) is 0.0526. The van der Waals surface area contributed by atoms with E-state index < -0.39 is 5.91 Å². The molecule has 1 amide bonds. The van der Waals surface area contributed by atoms with Gasteiger partial charge in [-0.05, 0) is 57.7 Å². The van der Waals surface area contributed by atoms with Crippen molar-refractivity contribution in [3.63, 3.8) is 0 Å². The predicted octanol–water partition coefficient (Wildman–Crippen LogP) is 4.39. The molecule has 5 nitrogen and oxygen atoms in total. The van der Waals surface area contributed by atoms with Crippen LogP contribution >= 0.6 is 15.9 Å². The maximum Gasteiger partial charge on any atom is 0.307 e. The van der Waals surface area contributed by atoms with E-state index in [2.05, 4.69) is 33.0 Å². The van der Waals surface area contributed by atoms with Crippen LogP contribution in [0.2, 0.25) is 0 Å². The number of fused-ring (bicyclic) bond motifs is 1. The summed E-state index contributed by atoms with van der Waals surface area (Å²) in [6, 6.07) is 12.5. The smallest absolute Gasteiger partial charge is 0.307 e. The number of amides is 1. The van der Waals surface area contributed by atoms with Crippen LogP contribution in [-0.4, -0.2) is 17.2 Å². The second-order valence-corrected chi connectivity index (χ2v) is 6.21. The van der Waals surface area contributed by atoms with Crippen LogP contribution in [0.25, 0.3) is 11.0 Å². The molecule has 0 radical (unpaired) electrons. The number of hydrogen-bond acceptors (Lipinski definition) is 4. The largest absolute Gasteiger partial charge is 0.506 e. The summed E-state index contributed by atoms with van der Waals surface area (Å²) < 4.78 is 6.03. The molecular formula is C19H15BrN2O3. The van der Waals surface area contributed by atoms with Crippen molar-refractivity contribution in [2.75, 3.05) is 0 Å². The van der Waals surface area contributed by atoms with Crippen molar-refractivity contribution in [3.05, 3.63) is 76.5 Å². The van der Waals surface area contributed by atoms with Gasteiger partial charge in [-0.3, -0.25) is 4.79 Å². The van der Waals surface area contributed by atoms with Crippen molar-refractivity contribution >= 4 is 39.0 Å². The minimum atomic E-state index is -0.434. The fourth-order valence-corrected chi connectivity index (χ4v) is 2.90. The molecule has 0 fully saturated rings. The van der Waals surface area contributed by atoms with E-state index in [0.29, 0.717) is 16.5 Å². The van der Waals surface area contributed by atoms with Gasteiger partial charge in [0, 0.05) is 5.39 Å². The Morgan fingerprint density at radius 1 is 1.32 bits per heavy atom. The van der Waals surface area contributed by atoms with Gasteiger partial charge in [-0.25, -0.2) is 5.43 Å². The molecule has 0 atom stereocenters. The van der Waals surface area contributed by atoms with Crippen LogP contribution in [0.5, 0.6) is 5.75 Å². The third-order valence-corrected chi connectivity index (χ3v) is 4.16. The van der Waals surface area contributed by atoms with Gasteiger partial charge in [0.05, 0.1) is 10.7 Å². The summed E-state index contributed by atoms with van der Waals surface area (Å²) in [6.45, 7) is 3.67. The number of phenols is 1. The van der Waals surface area contributed by atoms with E-state index in [-0.39, 0.29) is 11.5 Å². The number of nitrogens with one attached hydrogen (secondary N) is 1. The number of rotatable bonds is 5. The van der Waals surface area contributed by atoms with Gasteiger partial charge < -0.3 is 9.52 Å². The summed E-state index contributed by atoms with van der Waals surface area (Å²) >= 11 is 3.30. The summed E-state index contributed by atoms with van der Waals surface area (Å²) in [7, 11) is 0. The van der Waals surface area contributed by atoms with Gasteiger partial charge in [0.25, 0.3) is 0 Å². The van der Waals surface area contributed by atoms with Crippen LogP contribution in [0.15, 0.2) is 69.1 Å². The summed E-state index contributed by atoms with van der Waals surface area (Å²) in [5.74, 6) is -0.0717. The first-order chi connectivity index (χ1) is 12.1. The molecule has 3 rings (SSSR count). The lowest BCUT2D eigenvalue weighted by Gasteiger charge is -2.05. The highest BCUT2D eigenvalue weighted by molar-refractivity contribution is 9.10. The molecule has 2 aromatic carbocycles. The molecule has 0 aliphatic rings. The molecule has 3 aromatic rings. The van der Waals surface area contributed by atoms with Crippen LogP contribution < -0.4 is 5.43 Å². The van der Waals surface area contributed by atoms with Crippen LogP contribution in [0.4, 0.5) is 0 Å². The zero-order chi connectivity index (χ0) is 17.8. The lowest BCUT2D eigenvalue weighted by Crippen LogP contribution is -2.16. The van der Waals surface area contributed by atoms with E-state index in [1.807, 2.05) is 18.2 Å². The fourth-order valence-electron chi connectivity index (χ4n) is 2.38. The number of carbonyl (C=O) groups is 1. The van der Waals surface area contributed by atoms with Crippen LogP contribution in [0, 0.1) is 0 Å². The number of carbonyl (C=O) groups excluding carboxylic acids is 1. The van der Waals surface area contributed by atoms with E-state index in [9.17, 15) is 9.90 Å². The molecular weight excluding hydrogens is 384 g/mol. The Kier molecular flexibility index (Phi) is 5.00. The number of halogens is 1. The van der Waals surface area contributed by atoms with Gasteiger partial charge in [0.1, 0.15) is 11.3 Å². The second-order valence-electron chi connectivity index (χ2n) is 5.35. The zero-order valence-corrected chi connectivity index (χ0v) is 14.8. The SMILES string of the molecule is C=CCc1cc(/C=N/NC(=O)c2cc3ccccc3o2)cc(Br)c1O. The van der Waals surface area contributed by atoms with Gasteiger partial charge in [0.15, 0.2) is 5.76 Å². The number of hydrogen-bond donors (Lipinski definition) is 2. The van der Waals surface area contributed by atoms with Gasteiger partial charge in [-0.1, -0.05) is 24.3 Å². The summed E-state index contributed by atoms with van der Waals surface area (Å²) in [4.78, 5) is 12.1. The van der Waals surface area contributed by atoms with E-state index in [4.69, 9.17) is 4.42 Å². The van der Waals surface area contributed by atoms with E-state index in [1.54, 1.807) is 30.3 Å². The lowest BCUT2D eigenvalue weighted by molar-refractivity contribution is 0.0929. The number of aromatic hydroxyl groups is 1. The summed E-state index contributed by atoms with van der Waals surface area (Å²) in [5.41, 5.74) is 4.52. The highest BCUT2D eigenvalue weighted by Crippen LogP contribution is 2.29. The first-order valence-electron chi connectivity index (χ1n) is 7.52. The first-order valence-corrected chi connectivity index (χ1v) is 8.32. The number of allylic oxidation sites excluding steroid dienone is 1. The van der Waals surface area contributed by atoms with Gasteiger partial charge in [0.2, 0.25) is 0 Å². The molecule has 0 aliphatic heterocycles. The molecule has 0 saturated carbocycles. The minimum Gasteiger partial charge on any atom is -0.506 e. The Hall–Kier alpha value is -2.86. The van der Waals surface area contributed by atoms with Crippen molar-refractivity contribution in [3.8, 4) is 5.75 Å². The highest BCUT2D eigenvalue weighted by Gasteiger charge is 2.11. The summed E-state index contributed by atoms with van der Waals surface area (Å²) in [5, 5.41) is 14.8. The Morgan fingerprint density at radius 3 is 2.88 bits per heavy atom. The Labute approximate surface area is 152 Å².